The number of imidazole rings is 1. The van der Waals surface area contributed by atoms with Crippen LogP contribution in [0.5, 0.6) is 0 Å². The summed E-state index contributed by atoms with van der Waals surface area (Å²) < 4.78 is 19.1. The summed E-state index contributed by atoms with van der Waals surface area (Å²) in [5.74, 6) is 0.513. The van der Waals surface area contributed by atoms with Crippen molar-refractivity contribution in [2.75, 3.05) is 0 Å². The van der Waals surface area contributed by atoms with Crippen LogP contribution in [-0.4, -0.2) is 29.1 Å². The molecule has 0 fully saturated rings. The zero-order chi connectivity index (χ0) is 50.9. The third-order valence-corrected chi connectivity index (χ3v) is 16.9. The second-order valence-electron chi connectivity index (χ2n) is 22.1. The summed E-state index contributed by atoms with van der Waals surface area (Å²) in [7, 11) is 1.95. The first-order chi connectivity index (χ1) is 35.0. The molecule has 0 aliphatic carbocycles. The molecule has 74 heavy (non-hydrogen) atoms. The van der Waals surface area contributed by atoms with E-state index in [1.165, 1.54) is 79.2 Å². The van der Waals surface area contributed by atoms with Gasteiger partial charge in [-0.15, -0.1) is 41.0 Å². The van der Waals surface area contributed by atoms with Gasteiger partial charge < -0.3 is 4.57 Å². The summed E-state index contributed by atoms with van der Waals surface area (Å²) in [5.41, 5.74) is 19.8. The van der Waals surface area contributed by atoms with Crippen LogP contribution in [0, 0.1) is 24.0 Å². The number of para-hydroxylation sites is 2. The number of halogens is 1. The third-order valence-electron chi connectivity index (χ3n) is 16.9. The molecule has 12 rings (SSSR count). The summed E-state index contributed by atoms with van der Waals surface area (Å²) in [6.07, 6.45) is 7.99. The van der Waals surface area contributed by atoms with Crippen LogP contribution in [0.15, 0.2) is 164 Å². The Bertz CT molecular complexity index is 3470. The van der Waals surface area contributed by atoms with Gasteiger partial charge in [0, 0.05) is 34.8 Å². The van der Waals surface area contributed by atoms with Gasteiger partial charge in [-0.25, -0.2) is 0 Å². The molecule has 2 aliphatic heterocycles. The number of hydrogen-bond donors (Lipinski definition) is 0. The molecule has 0 amide bonds. The van der Waals surface area contributed by atoms with Crippen LogP contribution in [0.2, 0.25) is 0 Å². The maximum Gasteiger partial charge on any atom is 3.00 e. The Morgan fingerprint density at radius 1 is 0.486 bits per heavy atom. The fourth-order valence-corrected chi connectivity index (χ4v) is 11.3. The van der Waals surface area contributed by atoms with Gasteiger partial charge in [-0.3, -0.25) is 18.7 Å². The molecule has 0 atom stereocenters. The summed E-state index contributed by atoms with van der Waals surface area (Å²) in [6, 6.07) is 62.4. The second kappa shape index (κ2) is 19.4. The maximum atomic E-state index is 12.8. The molecule has 0 N–H and O–H groups in total. The number of fused-ring (bicyclic) bond motifs is 7. The molecule has 0 bridgehead atoms. The van der Waals surface area contributed by atoms with Crippen molar-refractivity contribution in [3.05, 3.63) is 233 Å². The maximum absolute atomic E-state index is 12.8. The van der Waals surface area contributed by atoms with E-state index in [0.29, 0.717) is 0 Å². The Morgan fingerprint density at radius 2 is 0.959 bits per heavy atom. The van der Waals surface area contributed by atoms with Gasteiger partial charge in [0.05, 0.1) is 40.6 Å². The molecule has 3 aromatic heterocycles. The van der Waals surface area contributed by atoms with Crippen molar-refractivity contribution in [1.29, 1.82) is 0 Å². The van der Waals surface area contributed by atoms with Gasteiger partial charge in [0.2, 0.25) is 0 Å². The van der Waals surface area contributed by atoms with E-state index in [-0.39, 0.29) is 47.6 Å². The Morgan fingerprint density at radius 3 is 1.43 bits per heavy atom. The van der Waals surface area contributed by atoms with E-state index in [1.54, 1.807) is 6.07 Å². The first-order valence-corrected chi connectivity index (χ1v) is 25.6. The molecule has 0 radical (unpaired) electrons. The fourth-order valence-electron chi connectivity index (χ4n) is 11.3. The topological polar surface area (TPSA) is 53.5 Å². The number of nitrogens with zero attached hydrogens (tertiary/aromatic N) is 6. The average Bonchev–Trinajstić information content (AvgIpc) is 4.15. The van der Waals surface area contributed by atoms with Crippen LogP contribution in [0.4, 0.5) is 4.39 Å². The SMILES string of the molecule is CC1(C)c2cc(CCc3cccc(CCc4c[c-]c5c(c4)C(C)(C)C(C)(C)c4c(-c6ccccc6)cnn4-5)c3)c[c-]c2-n2ncc(-c3ccccc3)c2C1(C)C.Cn1c(-c2[c-]cc(F)cc2)nc2ccccc21.[Ir+3]. The zero-order valence-corrected chi connectivity index (χ0v) is 46.2. The Kier molecular flexibility index (Phi) is 13.2. The van der Waals surface area contributed by atoms with Gasteiger partial charge in [-0.05, 0) is 69.4 Å². The first kappa shape index (κ1) is 50.5. The molecule has 0 unspecified atom stereocenters. The largest absolute Gasteiger partial charge is 3.00 e. The van der Waals surface area contributed by atoms with Crippen molar-refractivity contribution >= 4 is 11.0 Å². The molecule has 8 heteroatoms. The monoisotopic (exact) mass is 1150 g/mol. The van der Waals surface area contributed by atoms with Crippen LogP contribution in [-0.2, 0) is 74.5 Å². The van der Waals surface area contributed by atoms with E-state index < -0.39 is 0 Å². The molecule has 10 aromatic rings. The molecular weight excluding hydrogens is 1090 g/mol. The van der Waals surface area contributed by atoms with Crippen LogP contribution in [0.3, 0.4) is 0 Å². The Balaban J connectivity index is 0.000000293. The van der Waals surface area contributed by atoms with Crippen LogP contribution >= 0.6 is 0 Å². The molecule has 7 aromatic carbocycles. The van der Waals surface area contributed by atoms with Gasteiger partial charge in [-0.2, -0.15) is 57.7 Å². The number of benzene rings is 7. The normalized spacial score (nSPS) is 15.2. The fraction of sp³-hybridized carbons (Fsp3) is 0.258. The van der Waals surface area contributed by atoms with Crippen molar-refractivity contribution in [1.82, 2.24) is 29.1 Å². The smallest absolute Gasteiger partial charge is 0.367 e. The van der Waals surface area contributed by atoms with Gasteiger partial charge in [0.15, 0.2) is 0 Å². The molecule has 2 aliphatic rings. The molecule has 0 saturated carbocycles. The molecule has 372 valence electrons. The molecular formula is C66H62FIrN6. The van der Waals surface area contributed by atoms with Crippen molar-refractivity contribution in [3.8, 4) is 45.0 Å². The van der Waals surface area contributed by atoms with Crippen LogP contribution in [0.25, 0.3) is 56.0 Å². The van der Waals surface area contributed by atoms with Gasteiger partial charge in [0.1, 0.15) is 0 Å². The minimum atomic E-state index is -0.285. The van der Waals surface area contributed by atoms with E-state index in [2.05, 4.69) is 197 Å². The quantitative estimate of drug-likeness (QED) is 0.135. The van der Waals surface area contributed by atoms with E-state index in [4.69, 9.17) is 10.2 Å². The standard InChI is InChI=1S/C52H52N4.C14H10FN2.Ir/c1-49(2)43-31-37(26-28-45(43)55-47(51(49,5)6)41(33-53-55)39-18-11-9-12-19-39)24-22-35-16-15-17-36(30-35)23-25-38-27-29-46-44(32-38)50(3,4)52(7,8)48-42(34-54-56(46)48)40-20-13-10-14-21-40;1-17-13-5-3-2-4-12(13)16-14(17)10-6-8-11(15)9-7-10;/h9-21,26-27,30-34H,22-25H2,1-8H3;2-6,8-9H,1H3;/q-2;-1;+3. The van der Waals surface area contributed by atoms with Crippen molar-refractivity contribution in [2.24, 2.45) is 7.05 Å². The van der Waals surface area contributed by atoms with Crippen molar-refractivity contribution in [2.45, 2.75) is 103 Å². The van der Waals surface area contributed by atoms with E-state index in [1.807, 2.05) is 48.3 Å². The molecule has 5 heterocycles. The summed E-state index contributed by atoms with van der Waals surface area (Å²) >= 11 is 0. The predicted molar refractivity (Wildman–Crippen MR) is 294 cm³/mol. The van der Waals surface area contributed by atoms with Crippen molar-refractivity contribution in [3.63, 3.8) is 0 Å². The van der Waals surface area contributed by atoms with Crippen molar-refractivity contribution < 1.29 is 24.5 Å². The predicted octanol–water partition coefficient (Wildman–Crippen LogP) is 14.9. The Hall–Kier alpha value is -6.99. The minimum Gasteiger partial charge on any atom is -0.367 e. The summed E-state index contributed by atoms with van der Waals surface area (Å²) in [4.78, 5) is 4.52. The van der Waals surface area contributed by atoms with E-state index in [0.717, 1.165) is 59.5 Å². The first-order valence-electron chi connectivity index (χ1n) is 25.6. The number of hydrogen-bond acceptors (Lipinski definition) is 3. The number of rotatable bonds is 9. The second-order valence-corrected chi connectivity index (χ2v) is 22.1. The number of aromatic nitrogens is 6. The molecule has 0 saturated heterocycles. The summed E-state index contributed by atoms with van der Waals surface area (Å²) in [6.45, 7) is 19.0. The van der Waals surface area contributed by atoms with Crippen LogP contribution < -0.4 is 0 Å². The Labute approximate surface area is 449 Å². The summed E-state index contributed by atoms with van der Waals surface area (Å²) in [5, 5.41) is 9.88. The van der Waals surface area contributed by atoms with Crippen LogP contribution in [0.1, 0.15) is 100 Å². The molecule has 0 spiro atoms. The van der Waals surface area contributed by atoms with Gasteiger partial charge in [-0.1, -0.05) is 165 Å². The van der Waals surface area contributed by atoms with Gasteiger partial charge >= 0.3 is 20.1 Å². The molecule has 6 nitrogen and oxygen atoms in total. The number of aryl methyl sites for hydroxylation is 5. The zero-order valence-electron chi connectivity index (χ0n) is 43.8. The average molecular weight is 1150 g/mol. The minimum absolute atomic E-state index is 0. The van der Waals surface area contributed by atoms with E-state index in [9.17, 15) is 4.39 Å². The third kappa shape index (κ3) is 8.60. The van der Waals surface area contributed by atoms with E-state index >= 15 is 0 Å². The van der Waals surface area contributed by atoms with Gasteiger partial charge in [0.25, 0.3) is 0 Å².